The molecule has 0 aliphatic carbocycles. The van der Waals surface area contributed by atoms with E-state index in [4.69, 9.17) is 0 Å². The van der Waals surface area contributed by atoms with Gasteiger partial charge in [-0.05, 0) is 45.2 Å². The smallest absolute Gasteiger partial charge is 0.169 e. The van der Waals surface area contributed by atoms with Gasteiger partial charge in [0.1, 0.15) is 14.1 Å². The van der Waals surface area contributed by atoms with Crippen LogP contribution in [0.2, 0.25) is 0 Å². The van der Waals surface area contributed by atoms with E-state index in [2.05, 4.69) is 110 Å². The largest absolute Gasteiger partial charge is 0.208 e. The summed E-state index contributed by atoms with van der Waals surface area (Å²) < 4.78 is 4.08. The Hall–Kier alpha value is -3.52. The van der Waals surface area contributed by atoms with Crippen LogP contribution in [0, 0.1) is 0 Å². The van der Waals surface area contributed by atoms with Crippen molar-refractivity contribution >= 4 is 35.1 Å². The molecule has 2 aromatic carbocycles. The summed E-state index contributed by atoms with van der Waals surface area (Å²) in [6, 6.07) is 21.7. The fourth-order valence-electron chi connectivity index (χ4n) is 3.12. The number of hydrogen-bond donors (Lipinski definition) is 0. The zero-order valence-corrected chi connectivity index (χ0v) is 16.3. The number of aromatic nitrogens is 2. The van der Waals surface area contributed by atoms with Gasteiger partial charge in [-0.25, -0.2) is 9.13 Å². The molecule has 0 fully saturated rings. The summed E-state index contributed by atoms with van der Waals surface area (Å²) in [7, 11) is 4.06. The minimum absolute atomic E-state index is 1.20. The minimum Gasteiger partial charge on any atom is -0.208 e. The maximum absolute atomic E-state index is 2.24. The molecule has 2 nitrogen and oxygen atoms in total. The van der Waals surface area contributed by atoms with Crippen LogP contribution in [0.5, 0.6) is 0 Å². The van der Waals surface area contributed by atoms with E-state index in [1.54, 1.807) is 0 Å². The van der Waals surface area contributed by atoms with Gasteiger partial charge in [0.25, 0.3) is 0 Å². The Morgan fingerprint density at radius 3 is 1.21 bits per heavy atom. The number of pyridine rings is 2. The molecule has 2 heteroatoms. The number of benzene rings is 2. The van der Waals surface area contributed by atoms with Crippen LogP contribution < -0.4 is 9.13 Å². The summed E-state index contributed by atoms with van der Waals surface area (Å²) in [4.78, 5) is 0. The Morgan fingerprint density at radius 2 is 0.821 bits per heavy atom. The zero-order chi connectivity index (χ0) is 19.3. The predicted octanol–water partition coefficient (Wildman–Crippen LogP) is 4.83. The second kappa shape index (κ2) is 8.01. The summed E-state index contributed by atoms with van der Waals surface area (Å²) in [5.41, 5.74) is 4.82. The summed E-state index contributed by atoms with van der Waals surface area (Å²) >= 11 is 0. The molecular weight excluding hydrogens is 340 g/mol. The molecule has 4 aromatic rings. The quantitative estimate of drug-likeness (QED) is 0.458. The summed E-state index contributed by atoms with van der Waals surface area (Å²) in [6.07, 6.45) is 16.9. The molecule has 28 heavy (non-hydrogen) atoms. The average molecular weight is 364 g/mol. The maximum atomic E-state index is 2.24. The highest BCUT2D eigenvalue weighted by molar-refractivity contribution is 5.88. The molecular formula is C26H24N2+2. The topological polar surface area (TPSA) is 7.76 Å². The van der Waals surface area contributed by atoms with E-state index in [-0.39, 0.29) is 0 Å². The van der Waals surface area contributed by atoms with Gasteiger partial charge in [0.15, 0.2) is 24.8 Å². The minimum atomic E-state index is 1.20. The number of rotatable bonds is 4. The second-order valence-electron chi connectivity index (χ2n) is 7.13. The van der Waals surface area contributed by atoms with E-state index in [0.717, 1.165) is 0 Å². The molecule has 0 saturated heterocycles. The molecule has 0 N–H and O–H groups in total. The monoisotopic (exact) mass is 364 g/mol. The van der Waals surface area contributed by atoms with Crippen molar-refractivity contribution in [3.8, 4) is 0 Å². The normalized spacial score (nSPS) is 11.6. The van der Waals surface area contributed by atoms with Crippen molar-refractivity contribution in [2.45, 2.75) is 0 Å². The van der Waals surface area contributed by atoms with Crippen molar-refractivity contribution in [1.29, 1.82) is 0 Å². The van der Waals surface area contributed by atoms with E-state index in [1.165, 1.54) is 33.0 Å². The SMILES string of the molecule is C[n+]1ccc(/C=C/c2ccc3cc(/C=C/c4cc[n+](C)cc4)ccc3c2)cc1. The van der Waals surface area contributed by atoms with Gasteiger partial charge < -0.3 is 0 Å². The number of aryl methyl sites for hydroxylation is 2. The van der Waals surface area contributed by atoms with E-state index < -0.39 is 0 Å². The summed E-state index contributed by atoms with van der Waals surface area (Å²) in [5, 5.41) is 2.51. The molecule has 0 saturated carbocycles. The highest BCUT2D eigenvalue weighted by Crippen LogP contribution is 2.20. The first-order valence-electron chi connectivity index (χ1n) is 9.46. The van der Waals surface area contributed by atoms with Crippen molar-refractivity contribution in [2.75, 3.05) is 0 Å². The first-order chi connectivity index (χ1) is 13.7. The Bertz CT molecular complexity index is 1060. The average Bonchev–Trinajstić information content (AvgIpc) is 2.73. The molecule has 0 amide bonds. The lowest BCUT2D eigenvalue weighted by Crippen LogP contribution is -2.25. The highest BCUT2D eigenvalue weighted by atomic mass is 14.9. The maximum Gasteiger partial charge on any atom is 0.169 e. The van der Waals surface area contributed by atoms with Gasteiger partial charge in [-0.15, -0.1) is 0 Å². The number of fused-ring (bicyclic) bond motifs is 1. The lowest BCUT2D eigenvalue weighted by molar-refractivity contribution is -0.671. The van der Waals surface area contributed by atoms with Crippen LogP contribution in [0.3, 0.4) is 0 Å². The van der Waals surface area contributed by atoms with Crippen molar-refractivity contribution in [1.82, 2.24) is 0 Å². The van der Waals surface area contributed by atoms with Gasteiger partial charge in [0.05, 0.1) is 0 Å². The van der Waals surface area contributed by atoms with Crippen molar-refractivity contribution in [2.24, 2.45) is 14.1 Å². The molecule has 0 unspecified atom stereocenters. The predicted molar refractivity (Wildman–Crippen MR) is 117 cm³/mol. The van der Waals surface area contributed by atoms with Gasteiger partial charge in [-0.1, -0.05) is 48.6 Å². The van der Waals surface area contributed by atoms with E-state index in [0.29, 0.717) is 0 Å². The van der Waals surface area contributed by atoms with Crippen molar-refractivity contribution in [3.63, 3.8) is 0 Å². The Morgan fingerprint density at radius 1 is 0.464 bits per heavy atom. The number of hydrogen-bond acceptors (Lipinski definition) is 0. The molecule has 136 valence electrons. The molecule has 0 bridgehead atoms. The van der Waals surface area contributed by atoms with Crippen LogP contribution in [0.4, 0.5) is 0 Å². The number of nitrogens with zero attached hydrogens (tertiary/aromatic N) is 2. The first kappa shape index (κ1) is 17.9. The molecule has 2 aromatic heterocycles. The van der Waals surface area contributed by atoms with Crippen LogP contribution in [-0.4, -0.2) is 0 Å². The summed E-state index contributed by atoms with van der Waals surface area (Å²) in [5.74, 6) is 0. The third-order valence-electron chi connectivity index (χ3n) is 4.83. The zero-order valence-electron chi connectivity index (χ0n) is 16.3. The van der Waals surface area contributed by atoms with Gasteiger partial charge in [0, 0.05) is 24.3 Å². The molecule has 0 aliphatic rings. The van der Waals surface area contributed by atoms with Crippen LogP contribution >= 0.6 is 0 Å². The van der Waals surface area contributed by atoms with Crippen molar-refractivity contribution in [3.05, 3.63) is 108 Å². The van der Waals surface area contributed by atoms with Crippen LogP contribution in [0.1, 0.15) is 22.3 Å². The lowest BCUT2D eigenvalue weighted by atomic mass is 10.0. The second-order valence-corrected chi connectivity index (χ2v) is 7.13. The third-order valence-corrected chi connectivity index (χ3v) is 4.83. The standard InChI is InChI=1S/C26H24N2/c1-27-15-11-21(12-16-27)3-5-23-7-9-26-20-24(8-10-25(26)19-23)6-4-22-13-17-28(2)18-14-22/h3-20H,1-2H3/q+2/b5-3+,6-4+. The van der Waals surface area contributed by atoms with E-state index >= 15 is 0 Å². The Labute approximate surface area is 166 Å². The van der Waals surface area contributed by atoms with E-state index in [9.17, 15) is 0 Å². The molecule has 0 radical (unpaired) electrons. The first-order valence-corrected chi connectivity index (χ1v) is 9.46. The fraction of sp³-hybridized carbons (Fsp3) is 0.0769. The van der Waals surface area contributed by atoms with Gasteiger partial charge in [-0.3, -0.25) is 0 Å². The van der Waals surface area contributed by atoms with Gasteiger partial charge in [-0.2, -0.15) is 0 Å². The summed E-state index contributed by atoms with van der Waals surface area (Å²) in [6.45, 7) is 0. The van der Waals surface area contributed by atoms with E-state index in [1.807, 2.05) is 23.2 Å². The fourth-order valence-corrected chi connectivity index (χ4v) is 3.12. The molecule has 0 spiro atoms. The Kier molecular flexibility index (Phi) is 5.11. The molecule has 0 aliphatic heterocycles. The Balaban J connectivity index is 1.53. The third kappa shape index (κ3) is 4.41. The van der Waals surface area contributed by atoms with Gasteiger partial charge in [0.2, 0.25) is 0 Å². The van der Waals surface area contributed by atoms with Crippen LogP contribution in [-0.2, 0) is 14.1 Å². The molecule has 2 heterocycles. The lowest BCUT2D eigenvalue weighted by Gasteiger charge is -2.02. The van der Waals surface area contributed by atoms with Crippen LogP contribution in [0.15, 0.2) is 85.5 Å². The highest BCUT2D eigenvalue weighted by Gasteiger charge is 1.98. The van der Waals surface area contributed by atoms with Gasteiger partial charge >= 0.3 is 0 Å². The molecule has 4 rings (SSSR count). The molecule has 0 atom stereocenters. The van der Waals surface area contributed by atoms with Crippen LogP contribution in [0.25, 0.3) is 35.1 Å². The van der Waals surface area contributed by atoms with Crippen molar-refractivity contribution < 1.29 is 9.13 Å².